The summed E-state index contributed by atoms with van der Waals surface area (Å²) in [5.41, 5.74) is 2.06. The molecule has 0 saturated heterocycles. The summed E-state index contributed by atoms with van der Waals surface area (Å²) >= 11 is 7.31. The van der Waals surface area contributed by atoms with E-state index in [9.17, 15) is 9.59 Å². The van der Waals surface area contributed by atoms with Crippen molar-refractivity contribution in [1.82, 2.24) is 9.55 Å². The molecule has 1 aromatic heterocycles. The van der Waals surface area contributed by atoms with Crippen LogP contribution in [0.5, 0.6) is 5.75 Å². The molecule has 2 heterocycles. The number of nitrogens with one attached hydrogen (secondary N) is 1. The van der Waals surface area contributed by atoms with E-state index in [1.165, 1.54) is 11.8 Å². The number of thioether (sulfide) groups is 1. The van der Waals surface area contributed by atoms with Crippen LogP contribution >= 0.6 is 23.4 Å². The molecule has 1 aliphatic rings. The highest BCUT2D eigenvalue weighted by Gasteiger charge is 2.32. The van der Waals surface area contributed by atoms with Crippen LogP contribution in [0.25, 0.3) is 0 Å². The lowest BCUT2D eigenvalue weighted by molar-refractivity contribution is -0.116. The summed E-state index contributed by atoms with van der Waals surface area (Å²) in [6, 6.07) is 15.0. The SMILES string of the molecule is C=CCSc1nc(=O)c2c(n1C)NC(=O)C[C@H]2c1ccc(OCc2ccc(Cl)cc2)cc1. The van der Waals surface area contributed by atoms with Gasteiger partial charge in [0, 0.05) is 30.2 Å². The first-order valence-corrected chi connectivity index (χ1v) is 11.4. The van der Waals surface area contributed by atoms with Crippen LogP contribution in [-0.4, -0.2) is 21.2 Å². The zero-order valence-corrected chi connectivity index (χ0v) is 19.1. The summed E-state index contributed by atoms with van der Waals surface area (Å²) < 4.78 is 7.61. The summed E-state index contributed by atoms with van der Waals surface area (Å²) in [4.78, 5) is 29.6. The average Bonchev–Trinajstić information content (AvgIpc) is 2.80. The second-order valence-electron chi connectivity index (χ2n) is 7.41. The molecule has 0 unspecified atom stereocenters. The van der Waals surface area contributed by atoms with Gasteiger partial charge in [0.2, 0.25) is 5.91 Å². The van der Waals surface area contributed by atoms with Crippen molar-refractivity contribution in [1.29, 1.82) is 0 Å². The largest absolute Gasteiger partial charge is 0.489 e. The minimum absolute atomic E-state index is 0.133. The van der Waals surface area contributed by atoms with Crippen molar-refractivity contribution in [3.63, 3.8) is 0 Å². The van der Waals surface area contributed by atoms with Crippen molar-refractivity contribution in [3.05, 3.63) is 93.3 Å². The van der Waals surface area contributed by atoms with Gasteiger partial charge in [0.15, 0.2) is 5.16 Å². The second-order valence-corrected chi connectivity index (χ2v) is 8.83. The highest BCUT2D eigenvalue weighted by molar-refractivity contribution is 7.99. The van der Waals surface area contributed by atoms with Crippen LogP contribution in [0.15, 0.2) is 71.1 Å². The molecule has 1 atom stereocenters. The van der Waals surface area contributed by atoms with Crippen LogP contribution in [-0.2, 0) is 18.4 Å². The van der Waals surface area contributed by atoms with Gasteiger partial charge in [-0.1, -0.05) is 53.7 Å². The van der Waals surface area contributed by atoms with Crippen LogP contribution in [0.2, 0.25) is 5.02 Å². The summed E-state index contributed by atoms with van der Waals surface area (Å²) in [7, 11) is 1.80. The number of rotatable bonds is 7. The first kappa shape index (κ1) is 22.2. The van der Waals surface area contributed by atoms with Gasteiger partial charge in [-0.2, -0.15) is 4.98 Å². The molecule has 1 N–H and O–H groups in total. The summed E-state index contributed by atoms with van der Waals surface area (Å²) in [5, 5.41) is 4.07. The van der Waals surface area contributed by atoms with Gasteiger partial charge < -0.3 is 14.6 Å². The molecule has 0 saturated carbocycles. The van der Waals surface area contributed by atoms with Crippen molar-refractivity contribution < 1.29 is 9.53 Å². The number of carbonyl (C=O) groups excluding carboxylic acids is 1. The molecule has 0 fully saturated rings. The second kappa shape index (κ2) is 9.63. The Morgan fingerprint density at radius 3 is 2.62 bits per heavy atom. The maximum Gasteiger partial charge on any atom is 0.279 e. The van der Waals surface area contributed by atoms with E-state index >= 15 is 0 Å². The van der Waals surface area contributed by atoms with E-state index in [0.717, 1.165) is 11.1 Å². The molecule has 6 nitrogen and oxygen atoms in total. The van der Waals surface area contributed by atoms with Gasteiger partial charge in [-0.3, -0.25) is 9.59 Å². The Morgan fingerprint density at radius 2 is 1.94 bits per heavy atom. The van der Waals surface area contributed by atoms with E-state index in [1.54, 1.807) is 17.7 Å². The number of benzene rings is 2. The number of aromatic nitrogens is 2. The van der Waals surface area contributed by atoms with E-state index in [0.29, 0.717) is 39.7 Å². The van der Waals surface area contributed by atoms with E-state index < -0.39 is 0 Å². The van der Waals surface area contributed by atoms with E-state index in [2.05, 4.69) is 16.9 Å². The molecule has 0 aliphatic carbocycles. The van der Waals surface area contributed by atoms with Crippen LogP contribution in [0.3, 0.4) is 0 Å². The van der Waals surface area contributed by atoms with Gasteiger partial charge >= 0.3 is 0 Å². The monoisotopic (exact) mass is 467 g/mol. The summed E-state index contributed by atoms with van der Waals surface area (Å²) in [6.45, 7) is 4.12. The standard InChI is InChI=1S/C24H22ClN3O3S/c1-3-12-32-24-27-23(30)21-19(13-20(29)26-22(21)28(24)2)16-6-10-18(11-7-16)31-14-15-4-8-17(25)9-5-15/h3-11,19H,1,12-14H2,2H3,(H,26,29)/t19-/m0/s1. The van der Waals surface area contributed by atoms with Gasteiger partial charge in [0.05, 0.1) is 5.56 Å². The van der Waals surface area contributed by atoms with Gasteiger partial charge in [-0.05, 0) is 35.4 Å². The molecule has 1 amide bonds. The molecule has 32 heavy (non-hydrogen) atoms. The van der Waals surface area contributed by atoms with Crippen LogP contribution < -0.4 is 15.6 Å². The lowest BCUT2D eigenvalue weighted by Crippen LogP contribution is -2.33. The molecule has 0 radical (unpaired) electrons. The summed E-state index contributed by atoms with van der Waals surface area (Å²) in [6.07, 6.45) is 1.93. The number of ether oxygens (including phenoxy) is 1. The number of fused-ring (bicyclic) bond motifs is 1. The number of anilines is 1. The zero-order valence-electron chi connectivity index (χ0n) is 17.5. The number of amides is 1. The first-order valence-electron chi connectivity index (χ1n) is 10.1. The van der Waals surface area contributed by atoms with Crippen molar-refractivity contribution in [2.45, 2.75) is 24.1 Å². The van der Waals surface area contributed by atoms with Crippen LogP contribution in [0.1, 0.15) is 29.0 Å². The summed E-state index contributed by atoms with van der Waals surface area (Å²) in [5.74, 6) is 1.32. The fraction of sp³-hybridized carbons (Fsp3) is 0.208. The molecule has 8 heteroatoms. The molecule has 0 bridgehead atoms. The van der Waals surface area contributed by atoms with Gasteiger partial charge in [-0.15, -0.1) is 6.58 Å². The minimum atomic E-state index is -0.367. The number of halogens is 1. The molecule has 4 rings (SSSR count). The molecule has 1 aliphatic heterocycles. The van der Waals surface area contributed by atoms with E-state index in [4.69, 9.17) is 16.3 Å². The third-order valence-corrected chi connectivity index (χ3v) is 6.51. The Kier molecular flexibility index (Phi) is 6.67. The van der Waals surface area contributed by atoms with Gasteiger partial charge in [0.25, 0.3) is 5.56 Å². The normalized spacial score (nSPS) is 15.1. The number of hydrogen-bond acceptors (Lipinski definition) is 5. The first-order chi connectivity index (χ1) is 15.5. The van der Waals surface area contributed by atoms with E-state index in [1.807, 2.05) is 48.5 Å². The topological polar surface area (TPSA) is 73.2 Å². The van der Waals surface area contributed by atoms with E-state index in [-0.39, 0.29) is 23.8 Å². The lowest BCUT2D eigenvalue weighted by atomic mass is 9.87. The van der Waals surface area contributed by atoms with Crippen LogP contribution in [0.4, 0.5) is 5.82 Å². The average molecular weight is 468 g/mol. The highest BCUT2D eigenvalue weighted by atomic mass is 35.5. The number of nitrogens with zero attached hydrogens (tertiary/aromatic N) is 2. The molecule has 2 aromatic carbocycles. The third-order valence-electron chi connectivity index (χ3n) is 5.23. The maximum absolute atomic E-state index is 12.9. The Bertz CT molecular complexity index is 1210. The lowest BCUT2D eigenvalue weighted by Gasteiger charge is -2.27. The molecule has 3 aromatic rings. The van der Waals surface area contributed by atoms with Crippen molar-refractivity contribution >= 4 is 35.1 Å². The fourth-order valence-corrected chi connectivity index (χ4v) is 4.45. The molecular formula is C24H22ClN3O3S. The Morgan fingerprint density at radius 1 is 1.22 bits per heavy atom. The predicted molar refractivity (Wildman–Crippen MR) is 128 cm³/mol. The third kappa shape index (κ3) is 4.74. The quantitative estimate of drug-likeness (QED) is 0.308. The number of hydrogen-bond donors (Lipinski definition) is 1. The van der Waals surface area contributed by atoms with Crippen molar-refractivity contribution in [3.8, 4) is 5.75 Å². The van der Waals surface area contributed by atoms with Crippen molar-refractivity contribution in [2.24, 2.45) is 7.05 Å². The van der Waals surface area contributed by atoms with Crippen LogP contribution in [0, 0.1) is 0 Å². The Hall–Kier alpha value is -3.03. The fourth-order valence-electron chi connectivity index (χ4n) is 3.63. The van der Waals surface area contributed by atoms with Crippen molar-refractivity contribution in [2.75, 3.05) is 11.1 Å². The predicted octanol–water partition coefficient (Wildman–Crippen LogP) is 4.76. The Labute approximate surface area is 195 Å². The Balaban J connectivity index is 1.58. The molecule has 164 valence electrons. The zero-order chi connectivity index (χ0) is 22.7. The van der Waals surface area contributed by atoms with Gasteiger partial charge in [0.1, 0.15) is 18.2 Å². The minimum Gasteiger partial charge on any atom is -0.489 e. The molecular weight excluding hydrogens is 446 g/mol. The smallest absolute Gasteiger partial charge is 0.279 e. The van der Waals surface area contributed by atoms with Gasteiger partial charge in [-0.25, -0.2) is 0 Å². The highest BCUT2D eigenvalue weighted by Crippen LogP contribution is 2.36. The number of carbonyl (C=O) groups is 1. The molecule has 0 spiro atoms. The maximum atomic E-state index is 12.9.